The molecule has 1 aliphatic rings. The molecule has 1 atom stereocenters. The Morgan fingerprint density at radius 2 is 2.04 bits per heavy atom. The number of ether oxygens (including phenoxy) is 1. The lowest BCUT2D eigenvalue weighted by atomic mass is 9.71. The van der Waals surface area contributed by atoms with E-state index in [1.807, 2.05) is 6.07 Å². The second-order valence-corrected chi connectivity index (χ2v) is 7.23. The summed E-state index contributed by atoms with van der Waals surface area (Å²) in [6.45, 7) is 2.75. The molecule has 1 aliphatic heterocycles. The Bertz CT molecular complexity index is 892. The van der Waals surface area contributed by atoms with Gasteiger partial charge in [0.1, 0.15) is 11.2 Å². The van der Waals surface area contributed by atoms with E-state index in [4.69, 9.17) is 10.00 Å². The molecule has 26 heavy (non-hydrogen) atoms. The number of pyridine rings is 1. The van der Waals surface area contributed by atoms with E-state index in [0.29, 0.717) is 4.47 Å². The standard InChI is InChI=1S/C18H15BrF3N3O/c1-10(2)26-9-17(18(20,21)22)13-5-11(7-23)3-4-15(13)25-16-14(17)6-12(19)8-24-16/h3-6,8,10H,9H2,1-2H3,(H,24,25). The van der Waals surface area contributed by atoms with Gasteiger partial charge in [-0.1, -0.05) is 0 Å². The number of aromatic nitrogens is 1. The molecule has 0 spiro atoms. The van der Waals surface area contributed by atoms with Crippen molar-refractivity contribution in [3.63, 3.8) is 0 Å². The first-order valence-electron chi connectivity index (χ1n) is 7.85. The average Bonchev–Trinajstić information content (AvgIpc) is 2.57. The van der Waals surface area contributed by atoms with E-state index in [1.165, 1.54) is 30.5 Å². The van der Waals surface area contributed by atoms with Crippen molar-refractivity contribution in [1.82, 2.24) is 4.98 Å². The van der Waals surface area contributed by atoms with Crippen molar-refractivity contribution in [2.24, 2.45) is 0 Å². The summed E-state index contributed by atoms with van der Waals surface area (Å²) in [6, 6.07) is 7.51. The summed E-state index contributed by atoms with van der Waals surface area (Å²) >= 11 is 3.21. The highest BCUT2D eigenvalue weighted by Gasteiger charge is 2.61. The van der Waals surface area contributed by atoms with Crippen LogP contribution in [0.25, 0.3) is 0 Å². The normalized spacial score (nSPS) is 18.7. The second-order valence-electron chi connectivity index (χ2n) is 6.31. The minimum Gasteiger partial charge on any atom is -0.377 e. The van der Waals surface area contributed by atoms with Crippen molar-refractivity contribution in [3.05, 3.63) is 51.6 Å². The van der Waals surface area contributed by atoms with Gasteiger partial charge in [0.15, 0.2) is 0 Å². The molecule has 2 aromatic rings. The quantitative estimate of drug-likeness (QED) is 0.747. The molecule has 0 amide bonds. The van der Waals surface area contributed by atoms with E-state index in [9.17, 15) is 13.2 Å². The fourth-order valence-corrected chi connectivity index (χ4v) is 3.38. The molecule has 0 fully saturated rings. The first-order chi connectivity index (χ1) is 12.2. The molecule has 1 aromatic carbocycles. The number of rotatable bonds is 3. The number of halogens is 4. The van der Waals surface area contributed by atoms with Crippen molar-refractivity contribution < 1.29 is 17.9 Å². The third-order valence-corrected chi connectivity index (χ3v) is 4.73. The Kier molecular flexibility index (Phi) is 4.71. The number of nitrogens with one attached hydrogen (secondary N) is 1. The largest absolute Gasteiger partial charge is 0.404 e. The van der Waals surface area contributed by atoms with Crippen LogP contribution in [0.15, 0.2) is 34.9 Å². The van der Waals surface area contributed by atoms with Crippen LogP contribution in [0, 0.1) is 11.3 Å². The molecule has 0 aliphatic carbocycles. The molecular formula is C18H15BrF3N3O. The summed E-state index contributed by atoms with van der Waals surface area (Å²) in [6.07, 6.45) is -3.62. The predicted molar refractivity (Wildman–Crippen MR) is 94.3 cm³/mol. The van der Waals surface area contributed by atoms with Crippen molar-refractivity contribution in [2.75, 3.05) is 11.9 Å². The van der Waals surface area contributed by atoms with Crippen molar-refractivity contribution in [1.29, 1.82) is 5.26 Å². The lowest BCUT2D eigenvalue weighted by Gasteiger charge is -2.42. The van der Waals surface area contributed by atoms with Gasteiger partial charge in [-0.05, 0) is 59.6 Å². The first kappa shape index (κ1) is 18.7. The van der Waals surface area contributed by atoms with Gasteiger partial charge in [-0.25, -0.2) is 4.98 Å². The Balaban J connectivity index is 2.36. The van der Waals surface area contributed by atoms with Gasteiger partial charge in [-0.3, -0.25) is 0 Å². The van der Waals surface area contributed by atoms with Gasteiger partial charge in [-0.2, -0.15) is 18.4 Å². The zero-order chi connectivity index (χ0) is 19.1. The second kappa shape index (κ2) is 6.56. The number of nitriles is 1. The van der Waals surface area contributed by atoms with Crippen LogP contribution in [0.3, 0.4) is 0 Å². The molecule has 0 saturated carbocycles. The Morgan fingerprint density at radius 3 is 2.65 bits per heavy atom. The summed E-state index contributed by atoms with van der Waals surface area (Å²) in [4.78, 5) is 4.12. The van der Waals surface area contributed by atoms with Gasteiger partial charge < -0.3 is 10.1 Å². The lowest BCUT2D eigenvalue weighted by molar-refractivity contribution is -0.195. The average molecular weight is 426 g/mol. The van der Waals surface area contributed by atoms with Crippen molar-refractivity contribution in [2.45, 2.75) is 31.5 Å². The van der Waals surface area contributed by atoms with Crippen LogP contribution in [-0.4, -0.2) is 23.9 Å². The highest BCUT2D eigenvalue weighted by Crippen LogP contribution is 2.54. The van der Waals surface area contributed by atoms with Gasteiger partial charge >= 0.3 is 6.18 Å². The van der Waals surface area contributed by atoms with Crippen molar-refractivity contribution >= 4 is 27.4 Å². The molecule has 1 aromatic heterocycles. The molecule has 1 N–H and O–H groups in total. The van der Waals surface area contributed by atoms with Crippen LogP contribution in [-0.2, 0) is 10.2 Å². The predicted octanol–water partition coefficient (Wildman–Crippen LogP) is 5.05. The number of nitrogens with zero attached hydrogens (tertiary/aromatic N) is 2. The van der Waals surface area contributed by atoms with Gasteiger partial charge in [0.05, 0.1) is 24.3 Å². The third-order valence-electron chi connectivity index (χ3n) is 4.29. The maximum absolute atomic E-state index is 14.5. The molecular weight excluding hydrogens is 411 g/mol. The minimum absolute atomic E-state index is 0.0392. The Hall–Kier alpha value is -2.11. The zero-order valence-corrected chi connectivity index (χ0v) is 15.6. The molecule has 3 rings (SSSR count). The topological polar surface area (TPSA) is 57.9 Å². The van der Waals surface area contributed by atoms with E-state index in [2.05, 4.69) is 26.2 Å². The van der Waals surface area contributed by atoms with Crippen LogP contribution < -0.4 is 5.32 Å². The number of benzene rings is 1. The smallest absolute Gasteiger partial charge is 0.377 e. The van der Waals surface area contributed by atoms with Gasteiger partial charge in [-0.15, -0.1) is 0 Å². The maximum atomic E-state index is 14.5. The fourth-order valence-electron chi connectivity index (χ4n) is 3.05. The van der Waals surface area contributed by atoms with Gasteiger partial charge in [0.2, 0.25) is 0 Å². The summed E-state index contributed by atoms with van der Waals surface area (Å²) in [5.74, 6) is 0.120. The summed E-state index contributed by atoms with van der Waals surface area (Å²) in [7, 11) is 0. The molecule has 0 radical (unpaired) electrons. The van der Waals surface area contributed by atoms with Crippen molar-refractivity contribution in [3.8, 4) is 6.07 Å². The Labute approximate surface area is 157 Å². The molecule has 0 saturated heterocycles. The monoisotopic (exact) mass is 425 g/mol. The SMILES string of the molecule is CC(C)OCC1(C(F)(F)F)c2cc(C#N)ccc2Nc2ncc(Br)cc21. The van der Waals surface area contributed by atoms with Gasteiger partial charge in [0, 0.05) is 21.9 Å². The Morgan fingerprint density at radius 1 is 1.31 bits per heavy atom. The van der Waals surface area contributed by atoms with Gasteiger partial charge in [0.25, 0.3) is 0 Å². The summed E-state index contributed by atoms with van der Waals surface area (Å²) < 4.78 is 49.5. The molecule has 136 valence electrons. The number of alkyl halides is 3. The zero-order valence-electron chi connectivity index (χ0n) is 14.0. The lowest BCUT2D eigenvalue weighted by Crippen LogP contribution is -2.50. The molecule has 0 bridgehead atoms. The van der Waals surface area contributed by atoms with E-state index < -0.39 is 24.3 Å². The summed E-state index contributed by atoms with van der Waals surface area (Å²) in [5, 5.41) is 12.1. The number of fused-ring (bicyclic) bond motifs is 2. The molecule has 1 unspecified atom stereocenters. The van der Waals surface area contributed by atoms with Crippen LogP contribution >= 0.6 is 15.9 Å². The number of hydrogen-bond donors (Lipinski definition) is 1. The molecule has 8 heteroatoms. The first-order valence-corrected chi connectivity index (χ1v) is 8.64. The number of anilines is 2. The van der Waals surface area contributed by atoms with Crippen LogP contribution in [0.2, 0.25) is 0 Å². The van der Waals surface area contributed by atoms with E-state index in [1.54, 1.807) is 13.8 Å². The van der Waals surface area contributed by atoms with Crippen LogP contribution in [0.4, 0.5) is 24.7 Å². The maximum Gasteiger partial charge on any atom is 0.404 e. The van der Waals surface area contributed by atoms with E-state index in [-0.39, 0.29) is 28.2 Å². The highest BCUT2D eigenvalue weighted by molar-refractivity contribution is 9.10. The molecule has 4 nitrogen and oxygen atoms in total. The summed E-state index contributed by atoms with van der Waals surface area (Å²) in [5.41, 5.74) is -2.11. The number of hydrogen-bond acceptors (Lipinski definition) is 4. The highest BCUT2D eigenvalue weighted by atomic mass is 79.9. The molecule has 2 heterocycles. The van der Waals surface area contributed by atoms with E-state index in [0.717, 1.165) is 0 Å². The minimum atomic E-state index is -4.66. The van der Waals surface area contributed by atoms with Crippen LogP contribution in [0.5, 0.6) is 0 Å². The van der Waals surface area contributed by atoms with E-state index >= 15 is 0 Å². The third kappa shape index (κ3) is 2.95. The van der Waals surface area contributed by atoms with Crippen LogP contribution in [0.1, 0.15) is 30.5 Å². The fraction of sp³-hybridized carbons (Fsp3) is 0.333.